The highest BCUT2D eigenvalue weighted by atomic mass is 35.5. The summed E-state index contributed by atoms with van der Waals surface area (Å²) in [5, 5.41) is 25.0. The maximum atomic E-state index is 13.2. The van der Waals surface area contributed by atoms with Crippen molar-refractivity contribution in [2.24, 2.45) is 5.10 Å². The van der Waals surface area contributed by atoms with Crippen molar-refractivity contribution in [2.75, 3.05) is 0 Å². The molecule has 0 radical (unpaired) electrons. The first kappa shape index (κ1) is 20.7. The summed E-state index contributed by atoms with van der Waals surface area (Å²) < 4.78 is 37.1. The van der Waals surface area contributed by atoms with E-state index in [0.717, 1.165) is 6.07 Å². The lowest BCUT2D eigenvalue weighted by molar-refractivity contribution is -0.384. The number of alkyl halides is 2. The molecule has 1 amide bonds. The van der Waals surface area contributed by atoms with Crippen molar-refractivity contribution in [1.29, 1.82) is 0 Å². The van der Waals surface area contributed by atoms with Gasteiger partial charge in [0.25, 0.3) is 12.1 Å². The van der Waals surface area contributed by atoms with E-state index in [1.165, 1.54) is 31.2 Å². The molecule has 0 unspecified atom stereocenters. The van der Waals surface area contributed by atoms with E-state index in [9.17, 15) is 28.8 Å². The Hall–Kier alpha value is -3.05. The maximum absolute atomic E-state index is 13.2. The number of carbonyl (C=O) groups excluding carboxylic acids is 1. The topological polar surface area (TPSA) is 118 Å². The minimum Gasteiger partial charge on any atom is -0.484 e. The fraction of sp³-hybridized carbons (Fsp3) is 0.294. The Balaban J connectivity index is 1.74. The molecule has 0 fully saturated rings. The van der Waals surface area contributed by atoms with Gasteiger partial charge in [-0.15, -0.1) is 0 Å². The zero-order valence-corrected chi connectivity index (χ0v) is 15.6. The van der Waals surface area contributed by atoms with Crippen LogP contribution in [-0.2, 0) is 6.61 Å². The van der Waals surface area contributed by atoms with Crippen molar-refractivity contribution in [3.63, 3.8) is 0 Å². The highest BCUT2D eigenvalue weighted by molar-refractivity contribution is 6.32. The van der Waals surface area contributed by atoms with Crippen molar-refractivity contribution < 1.29 is 32.8 Å². The van der Waals surface area contributed by atoms with Crippen LogP contribution in [0.3, 0.4) is 0 Å². The lowest BCUT2D eigenvalue weighted by atomic mass is 10.1. The minimum atomic E-state index is -3.23. The highest BCUT2D eigenvalue weighted by Crippen LogP contribution is 2.33. The van der Waals surface area contributed by atoms with Crippen LogP contribution in [-0.4, -0.2) is 38.8 Å². The summed E-state index contributed by atoms with van der Waals surface area (Å²) in [6, 6.07) is 6.20. The van der Waals surface area contributed by atoms with Crippen LogP contribution in [0.2, 0.25) is 5.02 Å². The smallest absolute Gasteiger partial charge is 0.312 e. The predicted molar refractivity (Wildman–Crippen MR) is 96.0 cm³/mol. The molecule has 12 heteroatoms. The first-order valence-corrected chi connectivity index (χ1v) is 8.54. The standard InChI is InChI=1S/C17H14ClF2N3O6/c1-9-7-17(25,16(19)20)22(21-9)15(24)13-5-3-11(29-13)8-28-14-6-10(23(26)27)2-4-12(14)18/h2-6,16,25H,7-8H2,1H3/t17-/m0/s1. The Kier molecular flexibility index (Phi) is 5.53. The number of nitro groups is 1. The van der Waals surface area contributed by atoms with Crippen molar-refractivity contribution in [2.45, 2.75) is 32.1 Å². The predicted octanol–water partition coefficient (Wildman–Crippen LogP) is 3.60. The quantitative estimate of drug-likeness (QED) is 0.553. The zero-order chi connectivity index (χ0) is 21.3. The molecule has 3 rings (SSSR count). The van der Waals surface area contributed by atoms with E-state index in [0.29, 0.717) is 5.01 Å². The fourth-order valence-corrected chi connectivity index (χ4v) is 2.85. The molecule has 1 aliphatic rings. The molecule has 1 aromatic heterocycles. The second-order valence-corrected chi connectivity index (χ2v) is 6.64. The van der Waals surface area contributed by atoms with Gasteiger partial charge in [0.15, 0.2) is 5.76 Å². The number of amides is 1. The highest BCUT2D eigenvalue weighted by Gasteiger charge is 2.51. The summed E-state index contributed by atoms with van der Waals surface area (Å²) in [4.78, 5) is 22.7. The summed E-state index contributed by atoms with van der Waals surface area (Å²) in [5.74, 6) is -1.25. The molecule has 0 spiro atoms. The molecule has 0 saturated carbocycles. The molecule has 1 aliphatic heterocycles. The number of hydrogen-bond donors (Lipinski definition) is 1. The SMILES string of the molecule is CC1=NN(C(=O)c2ccc(COc3cc([N+](=O)[O-])ccc3Cl)o2)[C@@](O)(C(F)F)C1. The van der Waals surface area contributed by atoms with Crippen LogP contribution in [0.4, 0.5) is 14.5 Å². The van der Waals surface area contributed by atoms with E-state index < -0.39 is 29.4 Å². The van der Waals surface area contributed by atoms with Crippen LogP contribution < -0.4 is 4.74 Å². The first-order chi connectivity index (χ1) is 13.6. The number of rotatable bonds is 6. The molecule has 2 aromatic rings. The van der Waals surface area contributed by atoms with Crippen molar-refractivity contribution in [3.8, 4) is 5.75 Å². The van der Waals surface area contributed by atoms with Crippen LogP contribution in [0, 0.1) is 10.1 Å². The van der Waals surface area contributed by atoms with E-state index in [1.807, 2.05) is 0 Å². The van der Waals surface area contributed by atoms with E-state index in [1.54, 1.807) is 0 Å². The van der Waals surface area contributed by atoms with Crippen LogP contribution in [0.5, 0.6) is 5.75 Å². The number of hydrogen-bond acceptors (Lipinski definition) is 7. The minimum absolute atomic E-state index is 0.0250. The van der Waals surface area contributed by atoms with Gasteiger partial charge in [-0.05, 0) is 25.1 Å². The summed E-state index contributed by atoms with van der Waals surface area (Å²) in [5.41, 5.74) is -2.81. The molecular weight excluding hydrogens is 416 g/mol. The molecule has 154 valence electrons. The van der Waals surface area contributed by atoms with Gasteiger partial charge in [0, 0.05) is 18.2 Å². The number of aliphatic hydroxyl groups is 1. The normalized spacial score (nSPS) is 18.8. The van der Waals surface area contributed by atoms with E-state index in [2.05, 4.69) is 5.10 Å². The van der Waals surface area contributed by atoms with E-state index in [4.69, 9.17) is 20.8 Å². The number of furan rings is 1. The lowest BCUT2D eigenvalue weighted by Gasteiger charge is -2.29. The molecule has 1 atom stereocenters. The summed E-state index contributed by atoms with van der Waals surface area (Å²) >= 11 is 5.93. The Bertz CT molecular complexity index is 995. The van der Waals surface area contributed by atoms with Crippen molar-refractivity contribution in [1.82, 2.24) is 5.01 Å². The first-order valence-electron chi connectivity index (χ1n) is 8.16. The third-order valence-corrected chi connectivity index (χ3v) is 4.38. The maximum Gasteiger partial charge on any atom is 0.312 e. The zero-order valence-electron chi connectivity index (χ0n) is 14.8. The molecule has 2 heterocycles. The van der Waals surface area contributed by atoms with Crippen LogP contribution in [0.25, 0.3) is 0 Å². The largest absolute Gasteiger partial charge is 0.484 e. The number of halogens is 3. The molecule has 9 nitrogen and oxygen atoms in total. The number of hydrazone groups is 1. The Morgan fingerprint density at radius 2 is 2.21 bits per heavy atom. The second-order valence-electron chi connectivity index (χ2n) is 6.23. The summed E-state index contributed by atoms with van der Waals surface area (Å²) in [6.45, 7) is 1.17. The van der Waals surface area contributed by atoms with Gasteiger partial charge in [-0.2, -0.15) is 10.1 Å². The molecule has 1 aromatic carbocycles. The Morgan fingerprint density at radius 3 is 2.86 bits per heavy atom. The number of ether oxygens (including phenoxy) is 1. The van der Waals surface area contributed by atoms with Gasteiger partial charge in [0.1, 0.15) is 18.1 Å². The number of nitrogens with zero attached hydrogens (tertiary/aromatic N) is 3. The van der Waals surface area contributed by atoms with Crippen LogP contribution in [0.1, 0.15) is 29.7 Å². The number of benzene rings is 1. The fourth-order valence-electron chi connectivity index (χ4n) is 2.67. The molecule has 0 bridgehead atoms. The van der Waals surface area contributed by atoms with Crippen molar-refractivity contribution >= 4 is 28.9 Å². The van der Waals surface area contributed by atoms with Gasteiger partial charge in [-0.3, -0.25) is 14.9 Å². The lowest BCUT2D eigenvalue weighted by Crippen LogP contribution is -2.51. The summed E-state index contributed by atoms with van der Waals surface area (Å²) in [6.07, 6.45) is -3.72. The van der Waals surface area contributed by atoms with Gasteiger partial charge in [0.2, 0.25) is 5.72 Å². The van der Waals surface area contributed by atoms with Crippen LogP contribution >= 0.6 is 11.6 Å². The third-order valence-electron chi connectivity index (χ3n) is 4.06. The average Bonchev–Trinajstić information content (AvgIpc) is 3.25. The molecule has 29 heavy (non-hydrogen) atoms. The Morgan fingerprint density at radius 1 is 1.48 bits per heavy atom. The molecule has 0 aliphatic carbocycles. The van der Waals surface area contributed by atoms with Crippen molar-refractivity contribution in [3.05, 3.63) is 57.0 Å². The second kappa shape index (κ2) is 7.76. The Labute approximate surface area is 167 Å². The average molecular weight is 430 g/mol. The van der Waals surface area contributed by atoms with Gasteiger partial charge in [-0.1, -0.05) is 11.6 Å². The number of non-ortho nitro benzene ring substituents is 1. The molecule has 1 N–H and O–H groups in total. The van der Waals surface area contributed by atoms with E-state index in [-0.39, 0.29) is 40.3 Å². The van der Waals surface area contributed by atoms with Crippen LogP contribution in [0.15, 0.2) is 39.9 Å². The summed E-state index contributed by atoms with van der Waals surface area (Å²) in [7, 11) is 0. The molecular formula is C17H14ClF2N3O6. The van der Waals surface area contributed by atoms with Gasteiger partial charge in [-0.25, -0.2) is 8.78 Å². The third kappa shape index (κ3) is 4.05. The van der Waals surface area contributed by atoms with Gasteiger partial charge < -0.3 is 14.3 Å². The molecule has 0 saturated heterocycles. The van der Waals surface area contributed by atoms with Gasteiger partial charge >= 0.3 is 5.91 Å². The van der Waals surface area contributed by atoms with Gasteiger partial charge in [0.05, 0.1) is 16.0 Å². The number of carbonyl (C=O) groups is 1. The van der Waals surface area contributed by atoms with E-state index >= 15 is 0 Å². The number of nitro benzene ring substituents is 1. The monoisotopic (exact) mass is 429 g/mol.